The van der Waals surface area contributed by atoms with Crippen molar-refractivity contribution in [2.24, 2.45) is 0 Å². The average Bonchev–Trinajstić information content (AvgIpc) is 1.91. The molecule has 1 aliphatic rings. The summed E-state index contributed by atoms with van der Waals surface area (Å²) in [7, 11) is 1.99. The average molecular weight is 97.1 g/mol. The van der Waals surface area contributed by atoms with Gasteiger partial charge in [-0.2, -0.15) is 0 Å². The van der Waals surface area contributed by atoms with Crippen LogP contribution in [0.4, 0.5) is 0 Å². The first kappa shape index (κ1) is 4.65. The molecule has 0 aliphatic carbocycles. The monoisotopic (exact) mass is 97.1 g/mol. The van der Waals surface area contributed by atoms with E-state index in [2.05, 4.69) is 18.5 Å². The van der Waals surface area contributed by atoms with E-state index in [4.69, 9.17) is 0 Å². The van der Waals surface area contributed by atoms with E-state index in [-0.39, 0.29) is 0 Å². The van der Waals surface area contributed by atoms with Crippen molar-refractivity contribution < 1.29 is 0 Å². The largest absolute Gasteiger partial charge is 0.317 e. The first-order valence-corrected chi connectivity index (χ1v) is 2.38. The summed E-state index contributed by atoms with van der Waals surface area (Å²) in [6.45, 7) is 2.10. The van der Waals surface area contributed by atoms with E-state index in [1.165, 1.54) is 0 Å². The van der Waals surface area contributed by atoms with Crippen molar-refractivity contribution in [1.82, 2.24) is 10.4 Å². The molecule has 1 aliphatic heterocycles. The Bertz CT molecular complexity index is 88.1. The fraction of sp³-hybridized carbons (Fsp3) is 0.600. The Labute approximate surface area is 43.8 Å². The van der Waals surface area contributed by atoms with Gasteiger partial charge in [-0.05, 0) is 13.0 Å². The Morgan fingerprint density at radius 3 is 2.71 bits per heavy atom. The summed E-state index contributed by atoms with van der Waals surface area (Å²) in [6.07, 6.45) is 4.86. The van der Waals surface area contributed by atoms with Crippen molar-refractivity contribution in [3.05, 3.63) is 12.3 Å². The van der Waals surface area contributed by atoms with Crippen molar-refractivity contribution in [3.8, 4) is 0 Å². The quantitative estimate of drug-likeness (QED) is 0.462. The van der Waals surface area contributed by atoms with Crippen molar-refractivity contribution in [3.63, 3.8) is 0 Å². The highest BCUT2D eigenvalue weighted by Gasteiger charge is 2.07. The molecule has 39 valence electrons. The third kappa shape index (κ3) is 0.747. The lowest BCUT2D eigenvalue weighted by Gasteiger charge is -2.12. The lowest BCUT2D eigenvalue weighted by Crippen LogP contribution is -2.31. The molecule has 1 N–H and O–H groups in total. The van der Waals surface area contributed by atoms with E-state index >= 15 is 0 Å². The lowest BCUT2D eigenvalue weighted by atomic mass is 10.3. The van der Waals surface area contributed by atoms with Gasteiger partial charge in [-0.25, -0.2) is 5.01 Å². The summed E-state index contributed by atoms with van der Waals surface area (Å²) in [5.74, 6) is 0. The van der Waals surface area contributed by atoms with Gasteiger partial charge in [0.1, 0.15) is 0 Å². The molecular weight excluding hydrogens is 88.1 g/mol. The van der Waals surface area contributed by atoms with Crippen molar-refractivity contribution in [2.45, 2.75) is 13.0 Å². The highest BCUT2D eigenvalue weighted by molar-refractivity contribution is 4.89. The van der Waals surface area contributed by atoms with E-state index in [1.807, 2.05) is 18.1 Å². The molecule has 1 atom stereocenters. The van der Waals surface area contributed by atoms with Crippen LogP contribution in [0.5, 0.6) is 0 Å². The van der Waals surface area contributed by atoms with Crippen LogP contribution in [0.1, 0.15) is 6.92 Å². The highest BCUT2D eigenvalue weighted by atomic mass is 15.5. The van der Waals surface area contributed by atoms with Crippen LogP contribution in [0.2, 0.25) is 0 Å². The van der Waals surface area contributed by atoms with Crippen molar-refractivity contribution in [2.75, 3.05) is 7.05 Å². The molecule has 0 saturated carbocycles. The van der Waals surface area contributed by atoms with Gasteiger partial charge in [-0.3, -0.25) is 0 Å². The number of likely N-dealkylation sites (N-methyl/N-ethyl adjacent to an activating group) is 1. The molecule has 0 aromatic rings. The molecule has 2 nitrogen and oxygen atoms in total. The van der Waals surface area contributed by atoms with Gasteiger partial charge < -0.3 is 5.43 Å². The van der Waals surface area contributed by atoms with Crippen LogP contribution < -0.4 is 5.43 Å². The fourth-order valence-electron chi connectivity index (χ4n) is 0.473. The van der Waals surface area contributed by atoms with Crippen LogP contribution in [-0.2, 0) is 0 Å². The summed E-state index contributed by atoms with van der Waals surface area (Å²) in [5, 5.41) is 1.99. The van der Waals surface area contributed by atoms with Crippen LogP contribution >= 0.6 is 0 Å². The molecule has 7 heavy (non-hydrogen) atoms. The normalized spacial score (nSPS) is 30.9. The Balaban J connectivity index is 2.45. The number of nitrogens with one attached hydrogen (secondary N) is 1. The second kappa shape index (κ2) is 1.54. The van der Waals surface area contributed by atoms with E-state index in [9.17, 15) is 0 Å². The minimum atomic E-state index is 0.500. The van der Waals surface area contributed by atoms with E-state index < -0.39 is 0 Å². The Morgan fingerprint density at radius 1 is 1.86 bits per heavy atom. The van der Waals surface area contributed by atoms with E-state index in [1.54, 1.807) is 0 Å². The van der Waals surface area contributed by atoms with Gasteiger partial charge in [-0.15, -0.1) is 0 Å². The number of hydrogen-bond acceptors (Lipinski definition) is 2. The van der Waals surface area contributed by atoms with E-state index in [0.717, 1.165) is 0 Å². The Morgan fingerprint density at radius 2 is 2.57 bits per heavy atom. The summed E-state index contributed by atoms with van der Waals surface area (Å²) >= 11 is 0. The summed E-state index contributed by atoms with van der Waals surface area (Å²) in [5.41, 5.74) is 2.90. The van der Waals surface area contributed by atoms with Gasteiger partial charge in [-0.1, -0.05) is 0 Å². The van der Waals surface area contributed by atoms with Gasteiger partial charge >= 0.3 is 0 Å². The van der Waals surface area contributed by atoms with Crippen LogP contribution in [0.3, 0.4) is 0 Å². The Kier molecular flexibility index (Phi) is 1.02. The molecule has 1 heterocycles. The molecule has 0 saturated heterocycles. The van der Waals surface area contributed by atoms with Crippen molar-refractivity contribution >= 4 is 0 Å². The third-order valence-corrected chi connectivity index (χ3v) is 1.18. The standard InChI is InChI=1S/C5H9N2/c1-5-3-4-6-7(5)2/h3,5-6H,1-2H3. The maximum absolute atomic E-state index is 2.90. The van der Waals surface area contributed by atoms with Gasteiger partial charge in [0.05, 0.1) is 6.20 Å². The molecule has 2 heteroatoms. The maximum atomic E-state index is 2.90. The fourth-order valence-corrected chi connectivity index (χ4v) is 0.473. The molecule has 0 fully saturated rings. The molecule has 1 unspecified atom stereocenters. The zero-order chi connectivity index (χ0) is 5.28. The molecule has 0 aromatic heterocycles. The zero-order valence-electron chi connectivity index (χ0n) is 4.60. The highest BCUT2D eigenvalue weighted by Crippen LogP contribution is 1.97. The second-order valence-corrected chi connectivity index (χ2v) is 1.77. The summed E-state index contributed by atoms with van der Waals surface area (Å²) in [4.78, 5) is 0. The number of rotatable bonds is 0. The molecule has 1 rings (SSSR count). The number of hydrazine groups is 1. The SMILES string of the molecule is CC1C=[C]NN1C. The van der Waals surface area contributed by atoms with Crippen LogP contribution in [-0.4, -0.2) is 18.1 Å². The topological polar surface area (TPSA) is 15.3 Å². The number of nitrogens with zero attached hydrogens (tertiary/aromatic N) is 1. The first-order chi connectivity index (χ1) is 3.30. The number of hydrogen-bond donors (Lipinski definition) is 1. The summed E-state index contributed by atoms with van der Waals surface area (Å²) in [6, 6.07) is 0.500. The Hall–Kier alpha value is -0.500. The third-order valence-electron chi connectivity index (χ3n) is 1.18. The van der Waals surface area contributed by atoms with Crippen LogP contribution in [0.25, 0.3) is 0 Å². The van der Waals surface area contributed by atoms with Gasteiger partial charge in [0, 0.05) is 13.1 Å². The second-order valence-electron chi connectivity index (χ2n) is 1.77. The first-order valence-electron chi connectivity index (χ1n) is 2.38. The van der Waals surface area contributed by atoms with E-state index in [0.29, 0.717) is 6.04 Å². The molecule has 1 radical (unpaired) electrons. The molecule has 0 amide bonds. The lowest BCUT2D eigenvalue weighted by molar-refractivity contribution is 0.263. The molecular formula is C5H9N2. The van der Waals surface area contributed by atoms with Crippen LogP contribution in [0.15, 0.2) is 6.08 Å². The van der Waals surface area contributed by atoms with Crippen molar-refractivity contribution in [1.29, 1.82) is 0 Å². The minimum absolute atomic E-state index is 0.500. The molecule has 0 aromatic carbocycles. The minimum Gasteiger partial charge on any atom is -0.317 e. The maximum Gasteiger partial charge on any atom is 0.0708 e. The predicted octanol–water partition coefficient (Wildman–Crippen LogP) is 0.142. The summed E-state index contributed by atoms with van der Waals surface area (Å²) < 4.78 is 0. The van der Waals surface area contributed by atoms with Gasteiger partial charge in [0.2, 0.25) is 0 Å². The smallest absolute Gasteiger partial charge is 0.0708 e. The molecule has 0 bridgehead atoms. The predicted molar refractivity (Wildman–Crippen MR) is 28.2 cm³/mol. The van der Waals surface area contributed by atoms with Gasteiger partial charge in [0.15, 0.2) is 0 Å². The van der Waals surface area contributed by atoms with Crippen LogP contribution in [0, 0.1) is 6.20 Å². The van der Waals surface area contributed by atoms with Gasteiger partial charge in [0.25, 0.3) is 0 Å². The molecule has 0 spiro atoms. The zero-order valence-corrected chi connectivity index (χ0v) is 4.60.